The lowest BCUT2D eigenvalue weighted by Gasteiger charge is -2.11. The van der Waals surface area contributed by atoms with Gasteiger partial charge in [0, 0.05) is 13.1 Å². The molecule has 0 aliphatic carbocycles. The van der Waals surface area contributed by atoms with E-state index in [9.17, 15) is 4.79 Å². The molecule has 0 amide bonds. The molecule has 0 aliphatic rings. The first-order chi connectivity index (χ1) is 9.58. The van der Waals surface area contributed by atoms with Crippen molar-refractivity contribution >= 4 is 17.6 Å². The van der Waals surface area contributed by atoms with Gasteiger partial charge in [0.25, 0.3) is 0 Å². The minimum Gasteiger partial charge on any atom is -0.490 e. The Hall–Kier alpha value is -2.03. The van der Waals surface area contributed by atoms with Crippen molar-refractivity contribution in [2.75, 3.05) is 19.5 Å². The maximum absolute atomic E-state index is 11.7. The molecule has 9 heteroatoms. The minimum atomic E-state index is -0.246. The maximum atomic E-state index is 11.7. The normalized spacial score (nSPS) is 10.8. The van der Waals surface area contributed by atoms with Gasteiger partial charge >= 0.3 is 5.69 Å². The molecule has 0 fully saturated rings. The van der Waals surface area contributed by atoms with Crippen LogP contribution in [0.25, 0.3) is 0 Å². The van der Waals surface area contributed by atoms with Crippen molar-refractivity contribution in [3.63, 3.8) is 0 Å². The Kier molecular flexibility index (Phi) is 4.28. The third kappa shape index (κ3) is 2.62. The van der Waals surface area contributed by atoms with Crippen LogP contribution in [-0.2, 0) is 0 Å². The Morgan fingerprint density at radius 2 is 2.20 bits per heavy atom. The number of ether oxygens (including phenoxy) is 1. The summed E-state index contributed by atoms with van der Waals surface area (Å²) in [4.78, 5) is 20.0. The van der Waals surface area contributed by atoms with Gasteiger partial charge in [-0.2, -0.15) is 0 Å². The molecular weight excluding hydrogens is 280 g/mol. The first-order valence-electron chi connectivity index (χ1n) is 6.00. The molecule has 2 aromatic heterocycles. The molecule has 0 atom stereocenters. The molecule has 0 saturated carbocycles. The third-order valence-electron chi connectivity index (χ3n) is 2.59. The zero-order valence-electron chi connectivity index (χ0n) is 11.7. The molecular formula is C11H16N6O2S. The number of rotatable bonds is 5. The maximum Gasteiger partial charge on any atom is 0.344 e. The fraction of sp³-hybridized carbons (Fsp3) is 0.455. The number of nitrogens with one attached hydrogen (secondary N) is 2. The fourth-order valence-corrected chi connectivity index (χ4v) is 2.73. The van der Waals surface area contributed by atoms with Gasteiger partial charge in [0.15, 0.2) is 21.7 Å². The summed E-state index contributed by atoms with van der Waals surface area (Å²) in [6, 6.07) is 0.000327. The second-order valence-electron chi connectivity index (χ2n) is 4.19. The number of anilines is 1. The molecule has 2 rings (SSSR count). The summed E-state index contributed by atoms with van der Waals surface area (Å²) < 4.78 is 6.87. The van der Waals surface area contributed by atoms with Crippen LogP contribution in [0.5, 0.6) is 5.75 Å². The molecule has 0 saturated heterocycles. The largest absolute Gasteiger partial charge is 0.490 e. The SMILES string of the molecule is CNc1ncnc(Sc2n[nH]c(=O)n2C(C)C)c1OC. The summed E-state index contributed by atoms with van der Waals surface area (Å²) in [6.07, 6.45) is 1.43. The quantitative estimate of drug-likeness (QED) is 0.798. The van der Waals surface area contributed by atoms with E-state index in [0.717, 1.165) is 0 Å². The van der Waals surface area contributed by atoms with E-state index in [4.69, 9.17) is 4.74 Å². The van der Waals surface area contributed by atoms with Crippen LogP contribution < -0.4 is 15.7 Å². The fourth-order valence-electron chi connectivity index (χ4n) is 1.70. The average Bonchev–Trinajstić information content (AvgIpc) is 2.79. The van der Waals surface area contributed by atoms with Crippen LogP contribution in [0.1, 0.15) is 19.9 Å². The molecule has 2 heterocycles. The molecule has 2 N–H and O–H groups in total. The van der Waals surface area contributed by atoms with Crippen molar-refractivity contribution < 1.29 is 4.74 Å². The van der Waals surface area contributed by atoms with Gasteiger partial charge in [-0.15, -0.1) is 5.10 Å². The van der Waals surface area contributed by atoms with E-state index >= 15 is 0 Å². The number of nitrogens with zero attached hydrogens (tertiary/aromatic N) is 4. The van der Waals surface area contributed by atoms with Crippen LogP contribution in [0.2, 0.25) is 0 Å². The first-order valence-corrected chi connectivity index (χ1v) is 6.81. The van der Waals surface area contributed by atoms with Gasteiger partial charge in [-0.3, -0.25) is 4.57 Å². The van der Waals surface area contributed by atoms with Gasteiger partial charge < -0.3 is 10.1 Å². The summed E-state index contributed by atoms with van der Waals surface area (Å²) >= 11 is 1.25. The molecule has 2 aromatic rings. The smallest absolute Gasteiger partial charge is 0.344 e. The van der Waals surface area contributed by atoms with Crippen molar-refractivity contribution in [1.82, 2.24) is 24.7 Å². The molecule has 0 aliphatic heterocycles. The second-order valence-corrected chi connectivity index (χ2v) is 5.14. The lowest BCUT2D eigenvalue weighted by Crippen LogP contribution is -2.19. The van der Waals surface area contributed by atoms with E-state index in [1.54, 1.807) is 18.7 Å². The zero-order chi connectivity index (χ0) is 14.7. The number of aromatic amines is 1. The number of hydrogen-bond acceptors (Lipinski definition) is 7. The van der Waals surface area contributed by atoms with E-state index < -0.39 is 0 Å². The average molecular weight is 296 g/mol. The summed E-state index contributed by atoms with van der Waals surface area (Å²) in [5, 5.41) is 10.5. The Morgan fingerprint density at radius 1 is 1.45 bits per heavy atom. The number of hydrogen-bond donors (Lipinski definition) is 2. The van der Waals surface area contributed by atoms with E-state index in [2.05, 4.69) is 25.5 Å². The van der Waals surface area contributed by atoms with Crippen molar-refractivity contribution in [1.29, 1.82) is 0 Å². The molecule has 20 heavy (non-hydrogen) atoms. The molecule has 108 valence electrons. The summed E-state index contributed by atoms with van der Waals surface area (Å²) in [5.74, 6) is 1.10. The van der Waals surface area contributed by atoms with Crippen LogP contribution in [0.3, 0.4) is 0 Å². The molecule has 8 nitrogen and oxygen atoms in total. The predicted molar refractivity (Wildman–Crippen MR) is 75.5 cm³/mol. The van der Waals surface area contributed by atoms with Crippen molar-refractivity contribution in [2.45, 2.75) is 30.1 Å². The Balaban J connectivity index is 2.43. The standard InChI is InChI=1S/C11H16N6O2S/c1-6(2)17-10(18)15-16-11(17)20-9-7(19-4)8(12-3)13-5-14-9/h5-6H,1-4H3,(H,15,18)(H,12,13,14). The van der Waals surface area contributed by atoms with Crippen LogP contribution >= 0.6 is 11.8 Å². The lowest BCUT2D eigenvalue weighted by molar-refractivity contribution is 0.400. The Bertz CT molecular complexity index is 651. The monoisotopic (exact) mass is 296 g/mol. The zero-order valence-corrected chi connectivity index (χ0v) is 12.5. The molecule has 0 aromatic carbocycles. The van der Waals surface area contributed by atoms with Gasteiger partial charge in [-0.1, -0.05) is 0 Å². The number of aromatic nitrogens is 5. The summed E-state index contributed by atoms with van der Waals surface area (Å²) in [7, 11) is 3.29. The predicted octanol–water partition coefficient (Wildman–Crippen LogP) is 1.14. The number of methoxy groups -OCH3 is 1. The van der Waals surface area contributed by atoms with Gasteiger partial charge in [-0.05, 0) is 25.6 Å². The highest BCUT2D eigenvalue weighted by Crippen LogP contribution is 2.35. The van der Waals surface area contributed by atoms with Crippen molar-refractivity contribution in [3.05, 3.63) is 16.8 Å². The lowest BCUT2D eigenvalue weighted by atomic mass is 10.4. The highest BCUT2D eigenvalue weighted by atomic mass is 32.2. The Morgan fingerprint density at radius 3 is 2.80 bits per heavy atom. The highest BCUT2D eigenvalue weighted by molar-refractivity contribution is 7.99. The Labute approximate surface area is 120 Å². The van der Waals surface area contributed by atoms with Crippen LogP contribution in [0.4, 0.5) is 5.82 Å². The van der Waals surface area contributed by atoms with E-state index in [0.29, 0.717) is 21.7 Å². The van der Waals surface area contributed by atoms with E-state index in [-0.39, 0.29) is 11.7 Å². The minimum absolute atomic E-state index is 0.000327. The van der Waals surface area contributed by atoms with Crippen LogP contribution in [-0.4, -0.2) is 38.9 Å². The van der Waals surface area contributed by atoms with Crippen LogP contribution in [0, 0.1) is 0 Å². The van der Waals surface area contributed by atoms with Gasteiger partial charge in [0.05, 0.1) is 7.11 Å². The van der Waals surface area contributed by atoms with Crippen molar-refractivity contribution in [3.8, 4) is 5.75 Å². The third-order valence-corrected chi connectivity index (χ3v) is 3.54. The molecule has 0 spiro atoms. The number of H-pyrrole nitrogens is 1. The molecule has 0 bridgehead atoms. The topological polar surface area (TPSA) is 97.7 Å². The summed E-state index contributed by atoms with van der Waals surface area (Å²) in [6.45, 7) is 3.83. The van der Waals surface area contributed by atoms with E-state index in [1.807, 2.05) is 13.8 Å². The van der Waals surface area contributed by atoms with Crippen LogP contribution in [0.15, 0.2) is 21.3 Å². The summed E-state index contributed by atoms with van der Waals surface area (Å²) in [5.41, 5.74) is -0.246. The second kappa shape index (κ2) is 5.95. The molecule has 0 unspecified atom stereocenters. The van der Waals surface area contributed by atoms with Gasteiger partial charge in [0.2, 0.25) is 0 Å². The van der Waals surface area contributed by atoms with Gasteiger partial charge in [0.1, 0.15) is 6.33 Å². The van der Waals surface area contributed by atoms with Crippen molar-refractivity contribution in [2.24, 2.45) is 0 Å². The highest BCUT2D eigenvalue weighted by Gasteiger charge is 2.18. The molecule has 0 radical (unpaired) electrons. The first kappa shape index (κ1) is 14.4. The van der Waals surface area contributed by atoms with E-state index in [1.165, 1.54) is 18.1 Å². The van der Waals surface area contributed by atoms with Gasteiger partial charge in [-0.25, -0.2) is 19.9 Å².